The van der Waals surface area contributed by atoms with Gasteiger partial charge in [0, 0.05) is 18.8 Å². The number of nitrogens with zero attached hydrogens (tertiary/aromatic N) is 1. The lowest BCUT2D eigenvalue weighted by atomic mass is 9.88. The second-order valence-corrected chi connectivity index (χ2v) is 7.81. The van der Waals surface area contributed by atoms with Crippen LogP contribution in [0.1, 0.15) is 27.7 Å². The fourth-order valence-corrected chi connectivity index (χ4v) is 3.35. The van der Waals surface area contributed by atoms with Crippen LogP contribution in [0.5, 0.6) is 0 Å². The van der Waals surface area contributed by atoms with E-state index in [1.807, 2.05) is 20.8 Å². The Bertz CT molecular complexity index is 586. The van der Waals surface area contributed by atoms with Gasteiger partial charge >= 0.3 is 0 Å². The zero-order valence-electron chi connectivity index (χ0n) is 12.2. The van der Waals surface area contributed by atoms with Crippen molar-refractivity contribution in [3.05, 3.63) is 23.8 Å². The Morgan fingerprint density at radius 3 is 1.95 bits per heavy atom. The van der Waals surface area contributed by atoms with Crippen molar-refractivity contribution in [2.45, 2.75) is 38.6 Å². The highest BCUT2D eigenvalue weighted by atomic mass is 32.2. The van der Waals surface area contributed by atoms with E-state index in [9.17, 15) is 17.2 Å². The highest BCUT2D eigenvalue weighted by Gasteiger charge is 2.35. The van der Waals surface area contributed by atoms with Gasteiger partial charge < -0.3 is 5.73 Å². The van der Waals surface area contributed by atoms with Gasteiger partial charge in [0.1, 0.15) is 11.6 Å². The van der Waals surface area contributed by atoms with Crippen LogP contribution in [0.2, 0.25) is 0 Å². The molecular formula is C13H20F2N2O2S. The van der Waals surface area contributed by atoms with E-state index >= 15 is 0 Å². The van der Waals surface area contributed by atoms with E-state index < -0.39 is 32.6 Å². The molecule has 0 spiro atoms. The molecule has 0 aromatic heterocycles. The van der Waals surface area contributed by atoms with E-state index in [4.69, 9.17) is 5.73 Å². The minimum absolute atomic E-state index is 0.162. The third-order valence-corrected chi connectivity index (χ3v) is 5.44. The molecular weight excluding hydrogens is 286 g/mol. The average molecular weight is 306 g/mol. The quantitative estimate of drug-likeness (QED) is 0.873. The van der Waals surface area contributed by atoms with Gasteiger partial charge in [-0.3, -0.25) is 0 Å². The molecule has 0 radical (unpaired) electrons. The van der Waals surface area contributed by atoms with Crippen LogP contribution in [0.15, 0.2) is 17.0 Å². The van der Waals surface area contributed by atoms with Gasteiger partial charge in [-0.2, -0.15) is 4.31 Å². The number of rotatable bonds is 3. The van der Waals surface area contributed by atoms with Crippen molar-refractivity contribution >= 4 is 15.7 Å². The predicted molar refractivity (Wildman–Crippen MR) is 74.6 cm³/mol. The summed E-state index contributed by atoms with van der Waals surface area (Å²) in [5.74, 6) is -2.37. The first kappa shape index (κ1) is 16.8. The third-order valence-electron chi connectivity index (χ3n) is 3.46. The van der Waals surface area contributed by atoms with Crippen molar-refractivity contribution in [2.75, 3.05) is 12.8 Å². The van der Waals surface area contributed by atoms with Crippen LogP contribution in [0.4, 0.5) is 14.5 Å². The number of hydrogen-bond donors (Lipinski definition) is 1. The number of halogens is 2. The molecule has 4 nitrogen and oxygen atoms in total. The summed E-state index contributed by atoms with van der Waals surface area (Å²) >= 11 is 0. The Balaban J connectivity index is 3.39. The minimum atomic E-state index is -4.27. The van der Waals surface area contributed by atoms with Gasteiger partial charge in [0.15, 0.2) is 4.90 Å². The van der Waals surface area contributed by atoms with Gasteiger partial charge in [-0.1, -0.05) is 20.8 Å². The Labute approximate surface area is 118 Å². The molecule has 2 N–H and O–H groups in total. The fourth-order valence-electron chi connectivity index (χ4n) is 1.72. The molecule has 1 atom stereocenters. The van der Waals surface area contributed by atoms with E-state index in [1.165, 1.54) is 7.05 Å². The molecule has 1 rings (SSSR count). The van der Waals surface area contributed by atoms with Crippen LogP contribution >= 0.6 is 0 Å². The Morgan fingerprint density at radius 1 is 1.20 bits per heavy atom. The first-order valence-corrected chi connectivity index (χ1v) is 7.55. The monoisotopic (exact) mass is 306 g/mol. The molecule has 1 unspecified atom stereocenters. The van der Waals surface area contributed by atoms with Crippen LogP contribution in [0.25, 0.3) is 0 Å². The molecule has 0 amide bonds. The Hall–Kier alpha value is -1.21. The lowest BCUT2D eigenvalue weighted by Gasteiger charge is -2.34. The SMILES string of the molecule is CC(N(C)S(=O)(=O)c1c(F)cc(N)cc1F)C(C)(C)C. The molecule has 0 saturated carbocycles. The molecule has 0 aliphatic rings. The smallest absolute Gasteiger partial charge is 0.248 e. The number of benzene rings is 1. The summed E-state index contributed by atoms with van der Waals surface area (Å²) in [6.45, 7) is 7.23. The van der Waals surface area contributed by atoms with Crippen LogP contribution in [-0.2, 0) is 10.0 Å². The van der Waals surface area contributed by atoms with Gasteiger partial charge in [-0.15, -0.1) is 0 Å². The van der Waals surface area contributed by atoms with Crippen molar-refractivity contribution in [3.8, 4) is 0 Å². The first-order valence-electron chi connectivity index (χ1n) is 6.11. The molecule has 114 valence electrons. The van der Waals surface area contributed by atoms with Crippen LogP contribution < -0.4 is 5.73 Å². The maximum absolute atomic E-state index is 13.8. The second-order valence-electron chi connectivity index (χ2n) is 5.88. The number of hydrogen-bond acceptors (Lipinski definition) is 3. The molecule has 0 fully saturated rings. The van der Waals surface area contributed by atoms with Crippen molar-refractivity contribution in [2.24, 2.45) is 5.41 Å². The summed E-state index contributed by atoms with van der Waals surface area (Å²) in [4.78, 5) is -0.967. The van der Waals surface area contributed by atoms with Crippen molar-refractivity contribution in [1.29, 1.82) is 0 Å². The average Bonchev–Trinajstić information content (AvgIpc) is 2.23. The van der Waals surface area contributed by atoms with Crippen molar-refractivity contribution in [1.82, 2.24) is 4.31 Å². The van der Waals surface area contributed by atoms with E-state index in [-0.39, 0.29) is 11.1 Å². The normalized spacial score (nSPS) is 14.6. The molecule has 1 aromatic rings. The van der Waals surface area contributed by atoms with E-state index in [0.717, 1.165) is 16.4 Å². The highest BCUT2D eigenvalue weighted by molar-refractivity contribution is 7.89. The van der Waals surface area contributed by atoms with Gasteiger partial charge in [0.2, 0.25) is 10.0 Å². The Kier molecular flexibility index (Phi) is 4.46. The molecule has 0 heterocycles. The summed E-state index contributed by atoms with van der Waals surface area (Å²) in [7, 11) is -2.97. The number of nitrogens with two attached hydrogens (primary N) is 1. The van der Waals surface area contributed by atoms with Crippen LogP contribution in [0, 0.1) is 17.0 Å². The standard InChI is InChI=1S/C13H20F2N2O2S/c1-8(13(2,3)4)17(5)20(18,19)12-10(14)6-9(16)7-11(12)15/h6-8H,16H2,1-5H3. The number of nitrogen functional groups attached to an aromatic ring is 1. The third kappa shape index (κ3) is 3.09. The second kappa shape index (κ2) is 5.29. The molecule has 1 aromatic carbocycles. The van der Waals surface area contributed by atoms with Crippen LogP contribution in [-0.4, -0.2) is 25.8 Å². The summed E-state index contributed by atoms with van der Waals surface area (Å²) < 4.78 is 53.3. The van der Waals surface area contributed by atoms with Gasteiger partial charge in [0.25, 0.3) is 0 Å². The van der Waals surface area contributed by atoms with Crippen LogP contribution in [0.3, 0.4) is 0 Å². The molecule has 20 heavy (non-hydrogen) atoms. The minimum Gasteiger partial charge on any atom is -0.399 e. The predicted octanol–water partition coefficient (Wildman–Crippen LogP) is 2.60. The fraction of sp³-hybridized carbons (Fsp3) is 0.538. The summed E-state index contributed by atoms with van der Waals surface area (Å²) in [6, 6.07) is 1.15. The highest BCUT2D eigenvalue weighted by Crippen LogP contribution is 2.30. The number of anilines is 1. The first-order chi connectivity index (χ1) is 8.89. The summed E-state index contributed by atoms with van der Waals surface area (Å²) in [5, 5.41) is 0. The summed E-state index contributed by atoms with van der Waals surface area (Å²) in [5.41, 5.74) is 4.75. The van der Waals surface area contributed by atoms with Gasteiger partial charge in [-0.05, 0) is 24.5 Å². The lowest BCUT2D eigenvalue weighted by molar-refractivity contribution is 0.215. The molecule has 0 bridgehead atoms. The van der Waals surface area contributed by atoms with E-state index in [2.05, 4.69) is 0 Å². The largest absolute Gasteiger partial charge is 0.399 e. The van der Waals surface area contributed by atoms with E-state index in [0.29, 0.717) is 0 Å². The van der Waals surface area contributed by atoms with Gasteiger partial charge in [-0.25, -0.2) is 17.2 Å². The maximum Gasteiger partial charge on any atom is 0.248 e. The zero-order valence-corrected chi connectivity index (χ0v) is 13.1. The topological polar surface area (TPSA) is 63.4 Å². The van der Waals surface area contributed by atoms with Crippen molar-refractivity contribution in [3.63, 3.8) is 0 Å². The Morgan fingerprint density at radius 2 is 1.60 bits per heavy atom. The summed E-state index contributed by atoms with van der Waals surface area (Å²) in [6.07, 6.45) is 0. The zero-order chi connectivity index (χ0) is 15.9. The van der Waals surface area contributed by atoms with Crippen molar-refractivity contribution < 1.29 is 17.2 Å². The molecule has 7 heteroatoms. The molecule has 0 aliphatic heterocycles. The molecule has 0 aliphatic carbocycles. The molecule has 0 saturated heterocycles. The van der Waals surface area contributed by atoms with Gasteiger partial charge in [0.05, 0.1) is 0 Å². The maximum atomic E-state index is 13.8. The van der Waals surface area contributed by atoms with E-state index in [1.54, 1.807) is 6.92 Å². The lowest BCUT2D eigenvalue weighted by Crippen LogP contribution is -2.43. The number of sulfonamides is 1.